The fourth-order valence-corrected chi connectivity index (χ4v) is 8.46. The van der Waals surface area contributed by atoms with E-state index in [4.69, 9.17) is 27.9 Å². The predicted molar refractivity (Wildman–Crippen MR) is 154 cm³/mol. The maximum atomic E-state index is 14.0. The summed E-state index contributed by atoms with van der Waals surface area (Å²) in [7, 11) is 1.38. The van der Waals surface area contributed by atoms with E-state index in [0.717, 1.165) is 9.80 Å². The molecule has 218 valence electrons. The number of fused-ring (bicyclic) bond motifs is 4. The Morgan fingerprint density at radius 1 is 1.07 bits per heavy atom. The molecule has 6 atom stereocenters. The van der Waals surface area contributed by atoms with Crippen LogP contribution in [0.3, 0.4) is 0 Å². The molecule has 2 aromatic carbocycles. The van der Waals surface area contributed by atoms with Gasteiger partial charge in [-0.3, -0.25) is 39.1 Å². The van der Waals surface area contributed by atoms with Gasteiger partial charge in [0.05, 0.1) is 35.0 Å². The number of rotatable bonds is 5. The van der Waals surface area contributed by atoms with Gasteiger partial charge in [-0.1, -0.05) is 33.6 Å². The number of phenols is 1. The number of non-ortho nitro benzene ring substituents is 1. The topological polar surface area (TPSA) is 147 Å². The van der Waals surface area contributed by atoms with Gasteiger partial charge in [0.2, 0.25) is 11.8 Å². The van der Waals surface area contributed by atoms with Crippen LogP contribution in [0.1, 0.15) is 24.3 Å². The van der Waals surface area contributed by atoms with E-state index in [1.165, 1.54) is 37.4 Å². The minimum atomic E-state index is -2.09. The highest BCUT2D eigenvalue weighted by Crippen LogP contribution is 2.67. The Morgan fingerprint density at radius 2 is 1.76 bits per heavy atom. The van der Waals surface area contributed by atoms with Gasteiger partial charge in [0.25, 0.3) is 17.5 Å². The molecule has 0 radical (unpaired) electrons. The minimum absolute atomic E-state index is 0.115. The largest absolute Gasteiger partial charge is 0.508 e. The molecule has 6 unspecified atom stereocenters. The number of carbonyl (C=O) groups is 4. The van der Waals surface area contributed by atoms with Crippen LogP contribution >= 0.6 is 39.1 Å². The van der Waals surface area contributed by atoms with E-state index < -0.39 is 62.0 Å². The molecule has 11 nitrogen and oxygen atoms in total. The number of nitro groups is 1. The van der Waals surface area contributed by atoms with Crippen LogP contribution in [-0.2, 0) is 19.2 Å². The van der Waals surface area contributed by atoms with E-state index in [0.29, 0.717) is 5.57 Å². The van der Waals surface area contributed by atoms with Crippen LogP contribution in [0, 0.1) is 27.9 Å². The second kappa shape index (κ2) is 9.78. The highest BCUT2D eigenvalue weighted by molar-refractivity contribution is 9.09. The molecule has 1 N–H and O–H groups in total. The van der Waals surface area contributed by atoms with Crippen molar-refractivity contribution in [3.05, 3.63) is 69.8 Å². The Bertz CT molecular complexity index is 1620. The molecular weight excluding hydrogens is 657 g/mol. The summed E-state index contributed by atoms with van der Waals surface area (Å²) in [6.07, 6.45) is 1.63. The lowest BCUT2D eigenvalue weighted by Gasteiger charge is -2.50. The number of aromatic hydroxyl groups is 1. The summed E-state index contributed by atoms with van der Waals surface area (Å²) in [4.78, 5) is 63.6. The molecule has 6 rings (SSSR count). The summed E-state index contributed by atoms with van der Waals surface area (Å²) < 4.78 is 5.54. The smallest absolute Gasteiger partial charge is 0.269 e. The van der Waals surface area contributed by atoms with Crippen molar-refractivity contribution in [1.29, 1.82) is 0 Å². The first-order chi connectivity index (χ1) is 19.9. The van der Waals surface area contributed by atoms with Gasteiger partial charge in [0.1, 0.15) is 11.5 Å². The number of allylic oxidation sites excluding steroid dienone is 2. The molecule has 3 fully saturated rings. The van der Waals surface area contributed by atoms with Crippen molar-refractivity contribution in [2.75, 3.05) is 17.5 Å². The number of halogens is 3. The van der Waals surface area contributed by atoms with Crippen molar-refractivity contribution in [2.24, 2.45) is 17.8 Å². The van der Waals surface area contributed by atoms with E-state index in [2.05, 4.69) is 15.9 Å². The normalized spacial score (nSPS) is 32.0. The summed E-state index contributed by atoms with van der Waals surface area (Å²) in [5.74, 6) is -6.41. The first-order valence-electron chi connectivity index (χ1n) is 12.9. The maximum absolute atomic E-state index is 14.0. The summed E-state index contributed by atoms with van der Waals surface area (Å²) in [5, 5.41) is 22.2. The third kappa shape index (κ3) is 3.58. The lowest BCUT2D eigenvalue weighted by Crippen LogP contribution is -2.60. The number of phenolic OH excluding ortho intramolecular Hbond substituents is 1. The molecule has 2 heterocycles. The number of nitro benzene ring substituents is 1. The van der Waals surface area contributed by atoms with Gasteiger partial charge in [-0.2, -0.15) is 0 Å². The van der Waals surface area contributed by atoms with Crippen molar-refractivity contribution in [3.8, 4) is 11.5 Å². The molecule has 4 amide bonds. The van der Waals surface area contributed by atoms with Crippen LogP contribution in [0.5, 0.6) is 11.5 Å². The Labute approximate surface area is 257 Å². The molecule has 2 aliphatic carbocycles. The number of imide groups is 2. The van der Waals surface area contributed by atoms with Crippen LogP contribution in [-0.4, -0.2) is 60.9 Å². The van der Waals surface area contributed by atoms with E-state index >= 15 is 0 Å². The quantitative estimate of drug-likeness (QED) is 0.123. The van der Waals surface area contributed by atoms with Crippen LogP contribution < -0.4 is 9.64 Å². The monoisotopic (exact) mass is 677 g/mol. The number of methoxy groups -OCH3 is 1. The second-order valence-corrected chi connectivity index (χ2v) is 12.4. The van der Waals surface area contributed by atoms with Crippen LogP contribution in [0.2, 0.25) is 0 Å². The summed E-state index contributed by atoms with van der Waals surface area (Å²) in [6.45, 7) is 0. The highest BCUT2D eigenvalue weighted by Gasteiger charge is 2.76. The Kier molecular flexibility index (Phi) is 6.67. The average Bonchev–Trinajstić information content (AvgIpc) is 3.31. The number of nitrogens with zero attached hydrogens (tertiary/aromatic N) is 3. The van der Waals surface area contributed by atoms with Crippen molar-refractivity contribution < 1.29 is 33.9 Å². The molecule has 2 aromatic rings. The maximum Gasteiger partial charge on any atom is 0.269 e. The van der Waals surface area contributed by atoms with Crippen molar-refractivity contribution in [2.45, 2.75) is 28.5 Å². The number of benzene rings is 2. The van der Waals surface area contributed by atoms with E-state index in [9.17, 15) is 34.4 Å². The zero-order valence-electron chi connectivity index (χ0n) is 21.8. The first kappa shape index (κ1) is 28.6. The summed E-state index contributed by atoms with van der Waals surface area (Å²) in [6, 6.07) is 9.59. The fraction of sp³-hybridized carbons (Fsp3) is 0.357. The summed E-state index contributed by atoms with van der Waals surface area (Å²) >= 11 is 17.5. The van der Waals surface area contributed by atoms with Gasteiger partial charge in [0.15, 0.2) is 9.75 Å². The fourth-order valence-electron chi connectivity index (χ4n) is 7.05. The Morgan fingerprint density at radius 3 is 2.38 bits per heavy atom. The molecule has 1 saturated carbocycles. The molecule has 2 saturated heterocycles. The number of carbonyl (C=O) groups excluding carboxylic acids is 4. The standard InChI is InChI=1S/C28H22BrCl2N3O8/c1-42-19-4-2-3-18(35)21(19)22-15-9-10-16-20(17(15)11-27(30)25(38)32(12-29)26(39)28(22,27)31)24(37)33(23(16)36)13-5-7-14(8-6-13)34(40)41/h2-9,16-17,20,22,35H,10-12H2,1H3. The number of amides is 4. The van der Waals surface area contributed by atoms with Crippen LogP contribution in [0.15, 0.2) is 54.1 Å². The molecule has 0 aromatic heterocycles. The molecule has 4 aliphatic rings. The highest BCUT2D eigenvalue weighted by atomic mass is 79.9. The van der Waals surface area contributed by atoms with Gasteiger partial charge in [-0.25, -0.2) is 0 Å². The van der Waals surface area contributed by atoms with Crippen molar-refractivity contribution >= 4 is 74.1 Å². The third-order valence-electron chi connectivity index (χ3n) is 8.89. The van der Waals surface area contributed by atoms with Gasteiger partial charge in [0, 0.05) is 23.6 Å². The van der Waals surface area contributed by atoms with Crippen LogP contribution in [0.25, 0.3) is 0 Å². The van der Waals surface area contributed by atoms with Crippen LogP contribution in [0.4, 0.5) is 11.4 Å². The van der Waals surface area contributed by atoms with E-state index in [-0.39, 0.29) is 46.7 Å². The zero-order chi connectivity index (χ0) is 30.3. The predicted octanol–water partition coefficient (Wildman–Crippen LogP) is 4.22. The van der Waals surface area contributed by atoms with E-state index in [1.807, 2.05) is 0 Å². The third-order valence-corrected chi connectivity index (χ3v) is 10.8. The molecule has 0 spiro atoms. The number of hydrogen-bond acceptors (Lipinski definition) is 8. The first-order valence-corrected chi connectivity index (χ1v) is 14.8. The molecule has 2 aliphatic heterocycles. The zero-order valence-corrected chi connectivity index (χ0v) is 24.9. The second-order valence-electron chi connectivity index (χ2n) is 10.7. The molecule has 0 bridgehead atoms. The Balaban J connectivity index is 1.52. The number of likely N-dealkylation sites (tertiary alicyclic amines) is 1. The molecular formula is C28H22BrCl2N3O8. The Hall–Kier alpha value is -3.48. The summed E-state index contributed by atoms with van der Waals surface area (Å²) in [5.41, 5.74) is 0.419. The van der Waals surface area contributed by atoms with Gasteiger partial charge in [-0.05, 0) is 43.0 Å². The minimum Gasteiger partial charge on any atom is -0.508 e. The molecule has 14 heteroatoms. The SMILES string of the molecule is COc1cccc(O)c1C1C2=CCC3C(=O)N(c4ccc([N+](=O)[O-])cc4)C(=O)C3C2CC2(Cl)C(=O)N(CBr)C(=O)C12Cl. The van der Waals surface area contributed by atoms with Crippen molar-refractivity contribution in [3.63, 3.8) is 0 Å². The van der Waals surface area contributed by atoms with E-state index in [1.54, 1.807) is 18.2 Å². The average molecular weight is 679 g/mol. The number of anilines is 1. The van der Waals surface area contributed by atoms with Gasteiger partial charge in [-0.15, -0.1) is 23.2 Å². The number of hydrogen-bond donors (Lipinski definition) is 1. The van der Waals surface area contributed by atoms with Gasteiger partial charge < -0.3 is 9.84 Å². The van der Waals surface area contributed by atoms with Crippen molar-refractivity contribution in [1.82, 2.24) is 4.90 Å². The molecule has 42 heavy (non-hydrogen) atoms. The number of ether oxygens (including phenoxy) is 1. The van der Waals surface area contributed by atoms with Gasteiger partial charge >= 0.3 is 0 Å². The number of alkyl halides is 3. The lowest BCUT2D eigenvalue weighted by molar-refractivity contribution is -0.384. The lowest BCUT2D eigenvalue weighted by atomic mass is 9.56.